The molecule has 30 heavy (non-hydrogen) atoms. The highest BCUT2D eigenvalue weighted by Gasteiger charge is 2.16. The fourth-order valence-electron chi connectivity index (χ4n) is 2.78. The predicted octanol–water partition coefficient (Wildman–Crippen LogP) is 6.40. The van der Waals surface area contributed by atoms with E-state index in [9.17, 15) is 9.59 Å². The summed E-state index contributed by atoms with van der Waals surface area (Å²) >= 11 is 12.0. The topological polar surface area (TPSA) is 64.6 Å². The maximum absolute atomic E-state index is 12.5. The summed E-state index contributed by atoms with van der Waals surface area (Å²) in [5, 5.41) is 3.63. The summed E-state index contributed by atoms with van der Waals surface area (Å²) in [6.07, 6.45) is -0.0240. The average Bonchev–Trinajstić information content (AvgIpc) is 2.74. The minimum Gasteiger partial charge on any atom is -0.496 e. The SMILES string of the molecule is COc1ccc(Cl)cc1C(=O)CCC(=O)Nc1cc(Cl)ccc1Oc1ccccc1. The molecular weight excluding hydrogens is 425 g/mol. The van der Waals surface area contributed by atoms with Crippen molar-refractivity contribution in [1.29, 1.82) is 0 Å². The zero-order valence-corrected chi connectivity index (χ0v) is 17.7. The number of amides is 1. The molecule has 0 saturated carbocycles. The van der Waals surface area contributed by atoms with Crippen LogP contribution in [0.1, 0.15) is 23.2 Å². The molecule has 0 bridgehead atoms. The van der Waals surface area contributed by atoms with Crippen molar-refractivity contribution in [2.24, 2.45) is 0 Å². The Morgan fingerprint density at radius 1 is 0.867 bits per heavy atom. The highest BCUT2D eigenvalue weighted by molar-refractivity contribution is 6.31. The zero-order valence-electron chi connectivity index (χ0n) is 16.2. The van der Waals surface area contributed by atoms with Gasteiger partial charge in [-0.2, -0.15) is 0 Å². The molecule has 0 atom stereocenters. The average molecular weight is 444 g/mol. The molecule has 0 aliphatic rings. The maximum Gasteiger partial charge on any atom is 0.224 e. The first kappa shape index (κ1) is 21.7. The van der Waals surface area contributed by atoms with E-state index in [1.165, 1.54) is 13.2 Å². The lowest BCUT2D eigenvalue weighted by Gasteiger charge is -2.13. The van der Waals surface area contributed by atoms with Crippen molar-refractivity contribution >= 4 is 40.6 Å². The van der Waals surface area contributed by atoms with Crippen LogP contribution in [0.2, 0.25) is 10.0 Å². The molecule has 0 radical (unpaired) electrons. The number of carbonyl (C=O) groups is 2. The third-order valence-corrected chi connectivity index (χ3v) is 4.70. The van der Waals surface area contributed by atoms with Crippen LogP contribution in [0.3, 0.4) is 0 Å². The summed E-state index contributed by atoms with van der Waals surface area (Å²) in [5.41, 5.74) is 0.762. The van der Waals surface area contributed by atoms with Crippen molar-refractivity contribution in [2.45, 2.75) is 12.8 Å². The molecule has 0 spiro atoms. The normalized spacial score (nSPS) is 10.4. The number of hydrogen-bond donors (Lipinski definition) is 1. The van der Waals surface area contributed by atoms with Gasteiger partial charge in [0.2, 0.25) is 5.91 Å². The summed E-state index contributed by atoms with van der Waals surface area (Å²) in [6, 6.07) is 18.9. The quantitative estimate of drug-likeness (QED) is 0.409. The van der Waals surface area contributed by atoms with Gasteiger partial charge in [-0.15, -0.1) is 0 Å². The van der Waals surface area contributed by atoms with Gasteiger partial charge >= 0.3 is 0 Å². The number of para-hydroxylation sites is 1. The van der Waals surface area contributed by atoms with Crippen LogP contribution in [0, 0.1) is 0 Å². The highest BCUT2D eigenvalue weighted by Crippen LogP contribution is 2.32. The summed E-state index contributed by atoms with van der Waals surface area (Å²) in [7, 11) is 1.47. The predicted molar refractivity (Wildman–Crippen MR) is 118 cm³/mol. The number of halogens is 2. The summed E-state index contributed by atoms with van der Waals surface area (Å²) in [5.74, 6) is 0.902. The number of rotatable bonds is 8. The molecular formula is C23H19Cl2NO4. The van der Waals surface area contributed by atoms with Gasteiger partial charge in [0.15, 0.2) is 11.5 Å². The Morgan fingerprint density at radius 3 is 2.23 bits per heavy atom. The van der Waals surface area contributed by atoms with E-state index in [-0.39, 0.29) is 24.5 Å². The fourth-order valence-corrected chi connectivity index (χ4v) is 3.12. The van der Waals surface area contributed by atoms with Gasteiger partial charge in [-0.3, -0.25) is 9.59 Å². The van der Waals surface area contributed by atoms with Gasteiger partial charge in [-0.05, 0) is 48.5 Å². The van der Waals surface area contributed by atoms with Crippen LogP contribution in [0.15, 0.2) is 66.7 Å². The fraction of sp³-hybridized carbons (Fsp3) is 0.130. The lowest BCUT2D eigenvalue weighted by atomic mass is 10.1. The molecule has 3 rings (SSSR count). The molecule has 3 aromatic rings. The van der Waals surface area contributed by atoms with E-state index in [0.717, 1.165) is 0 Å². The molecule has 0 aromatic heterocycles. The Morgan fingerprint density at radius 2 is 1.53 bits per heavy atom. The number of Topliss-reactive ketones (excluding diaryl/α,β-unsaturated/α-hetero) is 1. The van der Waals surface area contributed by atoms with Crippen LogP contribution in [0.4, 0.5) is 5.69 Å². The summed E-state index contributed by atoms with van der Waals surface area (Å²) in [6.45, 7) is 0. The zero-order chi connectivity index (χ0) is 21.5. The van der Waals surface area contributed by atoms with E-state index < -0.39 is 0 Å². The van der Waals surface area contributed by atoms with E-state index in [4.69, 9.17) is 32.7 Å². The molecule has 154 valence electrons. The van der Waals surface area contributed by atoms with Crippen molar-refractivity contribution in [3.05, 3.63) is 82.3 Å². The molecule has 5 nitrogen and oxygen atoms in total. The standard InChI is InChI=1S/C23H19Cl2NO4/c1-29-21-10-7-15(24)13-18(21)20(27)9-12-23(28)26-19-14-16(25)8-11-22(19)30-17-5-3-2-4-6-17/h2-8,10-11,13-14H,9,12H2,1H3,(H,26,28). The van der Waals surface area contributed by atoms with Crippen LogP contribution in [-0.2, 0) is 4.79 Å². The smallest absolute Gasteiger partial charge is 0.224 e. The largest absolute Gasteiger partial charge is 0.496 e. The van der Waals surface area contributed by atoms with Crippen molar-refractivity contribution in [3.8, 4) is 17.2 Å². The van der Waals surface area contributed by atoms with Gasteiger partial charge in [0.1, 0.15) is 11.5 Å². The number of nitrogens with one attached hydrogen (secondary N) is 1. The second kappa shape index (κ2) is 10.1. The van der Waals surface area contributed by atoms with Crippen LogP contribution in [0.5, 0.6) is 17.2 Å². The number of benzene rings is 3. The van der Waals surface area contributed by atoms with Crippen LogP contribution in [-0.4, -0.2) is 18.8 Å². The van der Waals surface area contributed by atoms with E-state index >= 15 is 0 Å². The molecule has 0 aliphatic heterocycles. The van der Waals surface area contributed by atoms with E-state index in [1.54, 1.807) is 42.5 Å². The van der Waals surface area contributed by atoms with Gasteiger partial charge in [0.05, 0.1) is 18.4 Å². The Labute approximate surface area is 184 Å². The highest BCUT2D eigenvalue weighted by atomic mass is 35.5. The van der Waals surface area contributed by atoms with Crippen molar-refractivity contribution < 1.29 is 19.1 Å². The number of ether oxygens (including phenoxy) is 2. The van der Waals surface area contributed by atoms with Crippen LogP contribution >= 0.6 is 23.2 Å². The summed E-state index contributed by atoms with van der Waals surface area (Å²) in [4.78, 5) is 25.0. The molecule has 0 aliphatic carbocycles. The number of ketones is 1. The van der Waals surface area contributed by atoms with Crippen molar-refractivity contribution in [2.75, 3.05) is 12.4 Å². The minimum atomic E-state index is -0.343. The summed E-state index contributed by atoms with van der Waals surface area (Å²) < 4.78 is 11.0. The van der Waals surface area contributed by atoms with Crippen molar-refractivity contribution in [1.82, 2.24) is 0 Å². The molecule has 0 saturated heterocycles. The first-order valence-electron chi connectivity index (χ1n) is 9.15. The Balaban J connectivity index is 1.67. The minimum absolute atomic E-state index is 0.00201. The van der Waals surface area contributed by atoms with Crippen LogP contribution < -0.4 is 14.8 Å². The molecule has 0 unspecified atom stereocenters. The van der Waals surface area contributed by atoms with E-state index in [0.29, 0.717) is 38.5 Å². The first-order valence-corrected chi connectivity index (χ1v) is 9.91. The lowest BCUT2D eigenvalue weighted by Crippen LogP contribution is -2.14. The monoisotopic (exact) mass is 443 g/mol. The first-order chi connectivity index (χ1) is 14.5. The number of carbonyl (C=O) groups excluding carboxylic acids is 2. The van der Waals surface area contributed by atoms with Gasteiger partial charge in [0.25, 0.3) is 0 Å². The third kappa shape index (κ3) is 5.75. The lowest BCUT2D eigenvalue weighted by molar-refractivity contribution is -0.116. The Bertz CT molecular complexity index is 1050. The number of hydrogen-bond acceptors (Lipinski definition) is 4. The van der Waals surface area contributed by atoms with Gasteiger partial charge in [-0.1, -0.05) is 41.4 Å². The van der Waals surface area contributed by atoms with Gasteiger partial charge in [-0.25, -0.2) is 0 Å². The van der Waals surface area contributed by atoms with E-state index in [1.807, 2.05) is 18.2 Å². The molecule has 1 amide bonds. The molecule has 3 aromatic carbocycles. The number of methoxy groups -OCH3 is 1. The second-order valence-electron chi connectivity index (χ2n) is 6.37. The molecule has 0 heterocycles. The second-order valence-corrected chi connectivity index (χ2v) is 7.24. The number of anilines is 1. The Kier molecular flexibility index (Phi) is 7.33. The van der Waals surface area contributed by atoms with Crippen LogP contribution in [0.25, 0.3) is 0 Å². The molecule has 1 N–H and O–H groups in total. The third-order valence-electron chi connectivity index (χ3n) is 4.23. The maximum atomic E-state index is 12.5. The Hall–Kier alpha value is -3.02. The van der Waals surface area contributed by atoms with Gasteiger partial charge in [0, 0.05) is 22.9 Å². The molecule has 0 fully saturated rings. The van der Waals surface area contributed by atoms with Crippen molar-refractivity contribution in [3.63, 3.8) is 0 Å². The van der Waals surface area contributed by atoms with E-state index in [2.05, 4.69) is 5.32 Å². The van der Waals surface area contributed by atoms with Gasteiger partial charge < -0.3 is 14.8 Å². The molecule has 7 heteroatoms.